The zero-order valence-electron chi connectivity index (χ0n) is 14.5. The summed E-state index contributed by atoms with van der Waals surface area (Å²) in [7, 11) is 1.60. The Hall–Kier alpha value is -2.19. The van der Waals surface area contributed by atoms with Gasteiger partial charge in [-0.05, 0) is 54.1 Å². The van der Waals surface area contributed by atoms with Crippen LogP contribution in [0.5, 0.6) is 5.75 Å². The summed E-state index contributed by atoms with van der Waals surface area (Å²) >= 11 is 4.69. The molecule has 1 unspecified atom stereocenters. The number of thioether (sulfide) groups is 1. The summed E-state index contributed by atoms with van der Waals surface area (Å²) in [5.74, 6) is 0.685. The number of tetrazole rings is 1. The Labute approximate surface area is 164 Å². The van der Waals surface area contributed by atoms with Crippen LogP contribution in [-0.2, 0) is 0 Å². The number of aromatic nitrogens is 4. The molecule has 3 aromatic rings. The van der Waals surface area contributed by atoms with E-state index in [0.717, 1.165) is 15.7 Å². The fraction of sp³-hybridized carbons (Fsp3) is 0.222. The molecule has 0 radical (unpaired) electrons. The van der Waals surface area contributed by atoms with Crippen molar-refractivity contribution in [3.05, 3.63) is 58.1 Å². The van der Waals surface area contributed by atoms with Gasteiger partial charge in [-0.2, -0.15) is 4.68 Å². The summed E-state index contributed by atoms with van der Waals surface area (Å²) in [5, 5.41) is 12.1. The highest BCUT2D eigenvalue weighted by atomic mass is 79.9. The van der Waals surface area contributed by atoms with Gasteiger partial charge in [0.1, 0.15) is 11.4 Å². The van der Waals surface area contributed by atoms with Gasteiger partial charge in [-0.3, -0.25) is 4.79 Å². The first-order valence-electron chi connectivity index (χ1n) is 7.89. The van der Waals surface area contributed by atoms with Gasteiger partial charge in [-0.1, -0.05) is 45.9 Å². The van der Waals surface area contributed by atoms with E-state index in [1.54, 1.807) is 23.9 Å². The van der Waals surface area contributed by atoms with Crippen LogP contribution in [-0.4, -0.2) is 38.4 Å². The van der Waals surface area contributed by atoms with Crippen molar-refractivity contribution in [3.8, 4) is 11.4 Å². The molecule has 0 saturated heterocycles. The lowest BCUT2D eigenvalue weighted by molar-refractivity contribution is 0.0994. The molecule has 1 atom stereocenters. The number of ether oxygens (including phenoxy) is 1. The molecule has 1 aromatic heterocycles. The Balaban J connectivity index is 1.86. The number of halogens is 1. The number of rotatable bonds is 6. The van der Waals surface area contributed by atoms with Crippen LogP contribution >= 0.6 is 27.7 Å². The van der Waals surface area contributed by atoms with Crippen molar-refractivity contribution < 1.29 is 9.53 Å². The van der Waals surface area contributed by atoms with Crippen LogP contribution in [0.1, 0.15) is 22.8 Å². The molecule has 0 saturated carbocycles. The maximum atomic E-state index is 12.7. The molecule has 0 aliphatic carbocycles. The zero-order chi connectivity index (χ0) is 18.7. The first-order valence-corrected chi connectivity index (χ1v) is 9.56. The van der Waals surface area contributed by atoms with Gasteiger partial charge in [-0.25, -0.2) is 0 Å². The smallest absolute Gasteiger partial charge is 0.214 e. The Morgan fingerprint density at radius 3 is 2.65 bits per heavy atom. The van der Waals surface area contributed by atoms with E-state index in [0.29, 0.717) is 16.5 Å². The van der Waals surface area contributed by atoms with E-state index in [1.807, 2.05) is 44.2 Å². The average molecular weight is 433 g/mol. The van der Waals surface area contributed by atoms with Gasteiger partial charge < -0.3 is 4.74 Å². The highest BCUT2D eigenvalue weighted by Gasteiger charge is 2.21. The quantitative estimate of drug-likeness (QED) is 0.431. The summed E-state index contributed by atoms with van der Waals surface area (Å²) in [6, 6.07) is 13.1. The molecular weight excluding hydrogens is 416 g/mol. The molecule has 0 aliphatic rings. The van der Waals surface area contributed by atoms with E-state index in [9.17, 15) is 4.79 Å². The molecule has 26 heavy (non-hydrogen) atoms. The second-order valence-electron chi connectivity index (χ2n) is 5.68. The molecule has 1 heterocycles. The second kappa shape index (κ2) is 8.01. The molecule has 0 fully saturated rings. The van der Waals surface area contributed by atoms with Crippen LogP contribution in [0, 0.1) is 6.92 Å². The van der Waals surface area contributed by atoms with Crippen molar-refractivity contribution in [2.24, 2.45) is 0 Å². The number of carbonyl (C=O) groups is 1. The van der Waals surface area contributed by atoms with E-state index >= 15 is 0 Å². The molecule has 0 bridgehead atoms. The van der Waals surface area contributed by atoms with Gasteiger partial charge in [-0.15, -0.1) is 5.10 Å². The SMILES string of the molecule is COc1ccc(C)cc1-n1nnnc1SC(C)C(=O)c1ccc(Br)cc1. The van der Waals surface area contributed by atoms with E-state index in [2.05, 4.69) is 31.5 Å². The van der Waals surface area contributed by atoms with Crippen molar-refractivity contribution in [3.63, 3.8) is 0 Å². The number of nitrogens with zero attached hydrogens (tertiary/aromatic N) is 4. The first kappa shape index (κ1) is 18.6. The lowest BCUT2D eigenvalue weighted by Crippen LogP contribution is -2.14. The minimum atomic E-state index is -0.336. The lowest BCUT2D eigenvalue weighted by Gasteiger charge is -2.12. The molecule has 8 heteroatoms. The highest BCUT2D eigenvalue weighted by molar-refractivity contribution is 9.10. The molecule has 0 N–H and O–H groups in total. The Morgan fingerprint density at radius 1 is 1.23 bits per heavy atom. The van der Waals surface area contributed by atoms with Gasteiger partial charge in [0.15, 0.2) is 5.78 Å². The summed E-state index contributed by atoms with van der Waals surface area (Å²) in [5.41, 5.74) is 2.45. The van der Waals surface area contributed by atoms with Crippen LogP contribution in [0.25, 0.3) is 5.69 Å². The molecular formula is C18H17BrN4O2S. The largest absolute Gasteiger partial charge is 0.494 e. The molecule has 3 rings (SSSR count). The first-order chi connectivity index (χ1) is 12.5. The number of hydrogen-bond acceptors (Lipinski definition) is 6. The van der Waals surface area contributed by atoms with E-state index in [1.165, 1.54) is 11.8 Å². The van der Waals surface area contributed by atoms with Crippen LogP contribution in [0.3, 0.4) is 0 Å². The number of hydrogen-bond donors (Lipinski definition) is 0. The van der Waals surface area contributed by atoms with E-state index in [-0.39, 0.29) is 11.0 Å². The van der Waals surface area contributed by atoms with Crippen LogP contribution in [0.2, 0.25) is 0 Å². The summed E-state index contributed by atoms with van der Waals surface area (Å²) in [6.07, 6.45) is 0. The molecule has 134 valence electrons. The maximum Gasteiger partial charge on any atom is 0.214 e. The molecule has 6 nitrogen and oxygen atoms in total. The number of methoxy groups -OCH3 is 1. The van der Waals surface area contributed by atoms with E-state index in [4.69, 9.17) is 4.74 Å². The molecule has 2 aromatic carbocycles. The summed E-state index contributed by atoms with van der Waals surface area (Å²) in [4.78, 5) is 12.7. The Kier molecular flexibility index (Phi) is 5.73. The Bertz CT molecular complexity index is 927. The summed E-state index contributed by atoms with van der Waals surface area (Å²) < 4.78 is 7.95. The predicted molar refractivity (Wildman–Crippen MR) is 104 cm³/mol. The number of carbonyl (C=O) groups excluding carboxylic acids is 1. The fourth-order valence-electron chi connectivity index (χ4n) is 2.43. The van der Waals surface area contributed by atoms with Crippen molar-refractivity contribution >= 4 is 33.5 Å². The van der Waals surface area contributed by atoms with Crippen molar-refractivity contribution in [1.29, 1.82) is 0 Å². The molecule has 0 aliphatic heterocycles. The van der Waals surface area contributed by atoms with Crippen LogP contribution < -0.4 is 4.74 Å². The second-order valence-corrected chi connectivity index (χ2v) is 7.90. The molecule has 0 amide bonds. The fourth-order valence-corrected chi connectivity index (χ4v) is 3.57. The van der Waals surface area contributed by atoms with Crippen molar-refractivity contribution in [1.82, 2.24) is 20.2 Å². The number of ketones is 1. The minimum absolute atomic E-state index is 0.0215. The van der Waals surface area contributed by atoms with Crippen LogP contribution in [0.4, 0.5) is 0 Å². The van der Waals surface area contributed by atoms with Gasteiger partial charge >= 0.3 is 0 Å². The monoisotopic (exact) mass is 432 g/mol. The lowest BCUT2D eigenvalue weighted by atomic mass is 10.1. The van der Waals surface area contributed by atoms with Crippen molar-refractivity contribution in [2.45, 2.75) is 24.3 Å². The minimum Gasteiger partial charge on any atom is -0.494 e. The van der Waals surface area contributed by atoms with Gasteiger partial charge in [0, 0.05) is 10.0 Å². The van der Waals surface area contributed by atoms with Gasteiger partial charge in [0.25, 0.3) is 0 Å². The third-order valence-corrected chi connectivity index (χ3v) is 5.35. The normalized spacial score (nSPS) is 12.0. The Morgan fingerprint density at radius 2 is 1.96 bits per heavy atom. The average Bonchev–Trinajstić information content (AvgIpc) is 3.09. The van der Waals surface area contributed by atoms with E-state index < -0.39 is 0 Å². The zero-order valence-corrected chi connectivity index (χ0v) is 16.9. The highest BCUT2D eigenvalue weighted by Crippen LogP contribution is 2.29. The standard InChI is InChI=1S/C18H17BrN4O2S/c1-11-4-9-16(25-3)15(10-11)23-18(20-21-22-23)26-12(2)17(24)13-5-7-14(19)8-6-13/h4-10,12H,1-3H3. The third-order valence-electron chi connectivity index (χ3n) is 3.78. The van der Waals surface area contributed by atoms with Gasteiger partial charge in [0.05, 0.1) is 12.4 Å². The predicted octanol–water partition coefficient (Wildman–Crippen LogP) is 4.11. The van der Waals surface area contributed by atoms with Crippen LogP contribution in [0.15, 0.2) is 52.1 Å². The van der Waals surface area contributed by atoms with Gasteiger partial charge in [0.2, 0.25) is 5.16 Å². The maximum absolute atomic E-state index is 12.7. The summed E-state index contributed by atoms with van der Waals surface area (Å²) in [6.45, 7) is 3.83. The molecule has 0 spiro atoms. The number of aryl methyl sites for hydroxylation is 1. The third kappa shape index (κ3) is 3.96. The number of benzene rings is 2. The number of Topliss-reactive ketones (excluding diaryl/α,β-unsaturated/α-hetero) is 1. The topological polar surface area (TPSA) is 69.9 Å². The van der Waals surface area contributed by atoms with Crippen molar-refractivity contribution in [2.75, 3.05) is 7.11 Å².